The molecule has 7 heteroatoms. The van der Waals surface area contributed by atoms with Crippen LogP contribution in [0, 0.1) is 36.5 Å². The van der Waals surface area contributed by atoms with Crippen molar-refractivity contribution in [2.75, 3.05) is 36.4 Å². The van der Waals surface area contributed by atoms with Crippen molar-refractivity contribution in [3.05, 3.63) is 64.7 Å². The molecule has 0 saturated carbocycles. The van der Waals surface area contributed by atoms with E-state index in [-0.39, 0.29) is 6.03 Å². The van der Waals surface area contributed by atoms with Gasteiger partial charge in [-0.3, -0.25) is 0 Å². The van der Waals surface area contributed by atoms with Crippen molar-refractivity contribution in [2.24, 2.45) is 0 Å². The summed E-state index contributed by atoms with van der Waals surface area (Å²) < 4.78 is 0. The Morgan fingerprint density at radius 1 is 0.969 bits per heavy atom. The molecule has 1 N–H and O–H groups in total. The number of urea groups is 1. The van der Waals surface area contributed by atoms with Crippen molar-refractivity contribution < 1.29 is 4.79 Å². The van der Waals surface area contributed by atoms with Gasteiger partial charge in [0.25, 0.3) is 0 Å². The van der Waals surface area contributed by atoms with Gasteiger partial charge in [0.2, 0.25) is 0 Å². The molecule has 3 aromatic rings. The number of hydrogen-bond acceptors (Lipinski definition) is 5. The third kappa shape index (κ3) is 4.33. The van der Waals surface area contributed by atoms with E-state index in [9.17, 15) is 10.1 Å². The molecule has 2 amide bonds. The van der Waals surface area contributed by atoms with Gasteiger partial charge in [0.05, 0.1) is 22.7 Å². The van der Waals surface area contributed by atoms with Gasteiger partial charge in [-0.05, 0) is 73.9 Å². The number of benzene rings is 2. The van der Waals surface area contributed by atoms with Crippen LogP contribution in [-0.2, 0) is 0 Å². The molecule has 0 unspecified atom stereocenters. The predicted molar refractivity (Wildman–Crippen MR) is 125 cm³/mol. The first kappa shape index (κ1) is 21.1. The van der Waals surface area contributed by atoms with Crippen LogP contribution in [0.4, 0.5) is 16.3 Å². The van der Waals surface area contributed by atoms with Crippen molar-refractivity contribution in [3.8, 4) is 12.1 Å². The maximum Gasteiger partial charge on any atom is 0.321 e. The van der Waals surface area contributed by atoms with Gasteiger partial charge < -0.3 is 15.1 Å². The minimum absolute atomic E-state index is 0.172. The Hall–Kier alpha value is -4.10. The summed E-state index contributed by atoms with van der Waals surface area (Å²) in [6.45, 7) is 6.58. The molecule has 1 fully saturated rings. The molecule has 0 atom stereocenters. The molecule has 4 rings (SSSR count). The zero-order valence-corrected chi connectivity index (χ0v) is 18.2. The second-order valence-corrected chi connectivity index (χ2v) is 8.05. The number of nitrogens with one attached hydrogen (secondary N) is 1. The number of aryl methyl sites for hydroxylation is 2. The monoisotopic (exact) mass is 424 g/mol. The van der Waals surface area contributed by atoms with Gasteiger partial charge in [-0.25, -0.2) is 9.78 Å². The van der Waals surface area contributed by atoms with Crippen LogP contribution in [0.15, 0.2) is 42.5 Å². The fourth-order valence-corrected chi connectivity index (χ4v) is 3.92. The van der Waals surface area contributed by atoms with Crippen LogP contribution >= 0.6 is 0 Å². The van der Waals surface area contributed by atoms with E-state index in [1.807, 2.05) is 6.07 Å². The third-order valence-electron chi connectivity index (χ3n) is 5.88. The lowest BCUT2D eigenvalue weighted by molar-refractivity contribution is 0.215. The van der Waals surface area contributed by atoms with Gasteiger partial charge >= 0.3 is 6.03 Å². The van der Waals surface area contributed by atoms with Crippen molar-refractivity contribution in [2.45, 2.75) is 20.3 Å². The molecule has 0 radical (unpaired) electrons. The highest BCUT2D eigenvalue weighted by Crippen LogP contribution is 2.26. The van der Waals surface area contributed by atoms with Crippen LogP contribution < -0.4 is 10.2 Å². The molecule has 32 heavy (non-hydrogen) atoms. The summed E-state index contributed by atoms with van der Waals surface area (Å²) in [4.78, 5) is 21.4. The lowest BCUT2D eigenvalue weighted by Gasteiger charge is -2.24. The molecule has 160 valence electrons. The topological polar surface area (TPSA) is 96.0 Å². The molecule has 1 aliphatic rings. The van der Waals surface area contributed by atoms with E-state index in [1.54, 1.807) is 29.2 Å². The summed E-state index contributed by atoms with van der Waals surface area (Å²) in [7, 11) is 0. The quantitative estimate of drug-likeness (QED) is 0.660. The van der Waals surface area contributed by atoms with Gasteiger partial charge in [-0.15, -0.1) is 0 Å². The van der Waals surface area contributed by atoms with E-state index in [4.69, 9.17) is 10.2 Å². The number of fused-ring (bicyclic) bond motifs is 1. The summed E-state index contributed by atoms with van der Waals surface area (Å²) >= 11 is 0. The lowest BCUT2D eigenvalue weighted by Crippen LogP contribution is -2.38. The third-order valence-corrected chi connectivity index (χ3v) is 5.88. The molecule has 2 aromatic carbocycles. The Labute approximate surface area is 187 Å². The summed E-state index contributed by atoms with van der Waals surface area (Å²) in [5.41, 5.74) is 4.98. The number of nitrogens with zero attached hydrogens (tertiary/aromatic N) is 5. The van der Waals surface area contributed by atoms with E-state index < -0.39 is 0 Å². The molecule has 1 aromatic heterocycles. The van der Waals surface area contributed by atoms with Crippen LogP contribution in [0.3, 0.4) is 0 Å². The maximum absolute atomic E-state index is 12.7. The number of aromatic nitrogens is 1. The summed E-state index contributed by atoms with van der Waals surface area (Å²) in [5.74, 6) is 0.678. The van der Waals surface area contributed by atoms with Crippen molar-refractivity contribution >= 4 is 28.4 Å². The number of carbonyl (C=O) groups is 1. The predicted octanol–water partition coefficient (Wildman–Crippen LogP) is 4.34. The summed E-state index contributed by atoms with van der Waals surface area (Å²) in [5, 5.41) is 22.5. The second-order valence-electron chi connectivity index (χ2n) is 8.05. The largest absolute Gasteiger partial charge is 0.354 e. The van der Waals surface area contributed by atoms with E-state index in [2.05, 4.69) is 48.3 Å². The number of hydrogen-bond donors (Lipinski definition) is 1. The Morgan fingerprint density at radius 3 is 2.44 bits per heavy atom. The highest BCUT2D eigenvalue weighted by molar-refractivity contribution is 5.89. The van der Waals surface area contributed by atoms with Gasteiger partial charge in [0.15, 0.2) is 0 Å². The zero-order chi connectivity index (χ0) is 22.7. The average molecular weight is 425 g/mol. The number of pyridine rings is 1. The molecular weight excluding hydrogens is 400 g/mol. The normalized spacial score (nSPS) is 13.9. The number of carbonyl (C=O) groups excluding carboxylic acids is 1. The highest BCUT2D eigenvalue weighted by atomic mass is 16.2. The molecule has 0 spiro atoms. The molecule has 0 aliphatic carbocycles. The van der Waals surface area contributed by atoms with Crippen LogP contribution in [-0.4, -0.2) is 42.1 Å². The molecule has 1 saturated heterocycles. The minimum Gasteiger partial charge on any atom is -0.354 e. The number of rotatable bonds is 2. The lowest BCUT2D eigenvalue weighted by atomic mass is 10.0. The second kappa shape index (κ2) is 8.95. The molecule has 2 heterocycles. The fourth-order valence-electron chi connectivity index (χ4n) is 3.92. The number of anilines is 2. The molecular formula is C25H24N6O. The average Bonchev–Trinajstić information content (AvgIpc) is 3.06. The number of nitriles is 2. The maximum atomic E-state index is 12.7. The highest BCUT2D eigenvalue weighted by Gasteiger charge is 2.22. The first-order valence-corrected chi connectivity index (χ1v) is 10.6. The van der Waals surface area contributed by atoms with Crippen molar-refractivity contribution in [1.82, 2.24) is 9.88 Å². The Morgan fingerprint density at radius 2 is 1.72 bits per heavy atom. The zero-order valence-electron chi connectivity index (χ0n) is 18.2. The van der Waals surface area contributed by atoms with Crippen LogP contribution in [0.2, 0.25) is 0 Å². The Bertz CT molecular complexity index is 1250. The van der Waals surface area contributed by atoms with E-state index in [0.29, 0.717) is 42.3 Å². The van der Waals surface area contributed by atoms with E-state index in [1.165, 1.54) is 11.1 Å². The summed E-state index contributed by atoms with van der Waals surface area (Å²) in [6.07, 6.45) is 0.776. The summed E-state index contributed by atoms with van der Waals surface area (Å²) in [6, 6.07) is 17.0. The van der Waals surface area contributed by atoms with Gasteiger partial charge in [0.1, 0.15) is 11.9 Å². The van der Waals surface area contributed by atoms with Crippen molar-refractivity contribution in [3.63, 3.8) is 0 Å². The fraction of sp³-hybridized carbons (Fsp3) is 0.280. The number of amides is 2. The van der Waals surface area contributed by atoms with Crippen LogP contribution in [0.25, 0.3) is 10.9 Å². The van der Waals surface area contributed by atoms with E-state index >= 15 is 0 Å². The minimum atomic E-state index is -0.172. The van der Waals surface area contributed by atoms with Gasteiger partial charge in [0, 0.05) is 37.3 Å². The Balaban J connectivity index is 1.50. The standard InChI is InChI=1S/C25H24N6O/c1-17-12-20-14-21(16-27)24(29-23(20)13-18(17)2)30-8-3-9-31(11-10-30)25(32)28-22-6-4-19(15-26)5-7-22/h4-7,12-14H,3,8-11H2,1-2H3,(H,28,32). The van der Waals surface area contributed by atoms with Gasteiger partial charge in [-0.2, -0.15) is 10.5 Å². The molecule has 7 nitrogen and oxygen atoms in total. The Kier molecular flexibility index (Phi) is 5.91. The van der Waals surface area contributed by atoms with Crippen molar-refractivity contribution in [1.29, 1.82) is 10.5 Å². The van der Waals surface area contributed by atoms with Crippen LogP contribution in [0.5, 0.6) is 0 Å². The van der Waals surface area contributed by atoms with Crippen LogP contribution in [0.1, 0.15) is 28.7 Å². The first-order valence-electron chi connectivity index (χ1n) is 10.6. The first-order chi connectivity index (χ1) is 15.5. The van der Waals surface area contributed by atoms with E-state index in [0.717, 1.165) is 23.9 Å². The smallest absolute Gasteiger partial charge is 0.321 e. The van der Waals surface area contributed by atoms with Gasteiger partial charge in [-0.1, -0.05) is 0 Å². The molecule has 1 aliphatic heterocycles. The SMILES string of the molecule is Cc1cc2cc(C#N)c(N3CCCN(C(=O)Nc4ccc(C#N)cc4)CC3)nc2cc1C. The molecule has 0 bridgehead atoms.